The number of hydrogen-bond donors (Lipinski definition) is 2. The van der Waals surface area contributed by atoms with E-state index in [0.717, 1.165) is 11.3 Å². The predicted molar refractivity (Wildman–Crippen MR) is 101 cm³/mol. The molecule has 0 saturated heterocycles. The number of aromatic nitrogens is 2. The molecule has 3 aromatic rings. The number of anilines is 3. The Morgan fingerprint density at radius 1 is 0.960 bits per heavy atom. The first kappa shape index (κ1) is 16.9. The van der Waals surface area contributed by atoms with Crippen molar-refractivity contribution in [3.63, 3.8) is 0 Å². The summed E-state index contributed by atoms with van der Waals surface area (Å²) in [4.78, 5) is 9.07. The van der Waals surface area contributed by atoms with E-state index in [1.165, 1.54) is 6.07 Å². The van der Waals surface area contributed by atoms with Gasteiger partial charge in [0.05, 0.1) is 5.69 Å². The van der Waals surface area contributed by atoms with Crippen LogP contribution in [0.2, 0.25) is 0 Å². The molecule has 0 unspecified atom stereocenters. The summed E-state index contributed by atoms with van der Waals surface area (Å²) in [5.41, 5.74) is 3.06. The number of benzene rings is 2. The molecule has 0 radical (unpaired) electrons. The Bertz CT molecular complexity index is 863. The number of rotatable bonds is 5. The fourth-order valence-corrected chi connectivity index (χ4v) is 2.41. The molecule has 128 valence electrons. The highest BCUT2D eigenvalue weighted by Crippen LogP contribution is 2.24. The van der Waals surface area contributed by atoms with Crippen LogP contribution in [0.15, 0.2) is 54.6 Å². The number of halogens is 1. The van der Waals surface area contributed by atoms with Crippen LogP contribution < -0.4 is 10.6 Å². The molecule has 2 N–H and O–H groups in total. The van der Waals surface area contributed by atoms with Gasteiger partial charge in [-0.3, -0.25) is 0 Å². The Kier molecular flexibility index (Phi) is 4.93. The minimum absolute atomic E-state index is 0.204. The van der Waals surface area contributed by atoms with Crippen molar-refractivity contribution in [3.8, 4) is 11.3 Å². The summed E-state index contributed by atoms with van der Waals surface area (Å²) in [7, 11) is 0. The lowest BCUT2D eigenvalue weighted by molar-refractivity contribution is 0.619. The van der Waals surface area contributed by atoms with E-state index in [4.69, 9.17) is 0 Å². The average Bonchev–Trinajstić information content (AvgIpc) is 2.58. The molecular formula is C20H21FN4. The van der Waals surface area contributed by atoms with Crippen LogP contribution in [-0.4, -0.2) is 16.0 Å². The van der Waals surface area contributed by atoms with Crippen molar-refractivity contribution in [3.05, 3.63) is 66.0 Å². The minimum atomic E-state index is -0.247. The Morgan fingerprint density at radius 3 is 2.40 bits per heavy atom. The van der Waals surface area contributed by atoms with Crippen LogP contribution in [0, 0.1) is 12.7 Å². The number of aryl methyl sites for hydroxylation is 1. The highest BCUT2D eigenvalue weighted by Gasteiger charge is 2.09. The van der Waals surface area contributed by atoms with Gasteiger partial charge in [0.15, 0.2) is 0 Å². The first-order valence-electron chi connectivity index (χ1n) is 8.25. The molecule has 0 spiro atoms. The molecule has 0 amide bonds. The van der Waals surface area contributed by atoms with Crippen molar-refractivity contribution in [2.75, 3.05) is 10.6 Å². The third-order valence-electron chi connectivity index (χ3n) is 3.66. The van der Waals surface area contributed by atoms with Gasteiger partial charge in [-0.1, -0.05) is 36.4 Å². The van der Waals surface area contributed by atoms with Gasteiger partial charge < -0.3 is 10.6 Å². The largest absolute Gasteiger partial charge is 0.352 e. The van der Waals surface area contributed by atoms with Gasteiger partial charge in [0.1, 0.15) is 11.6 Å². The summed E-state index contributed by atoms with van der Waals surface area (Å²) in [6.07, 6.45) is 0. The van der Waals surface area contributed by atoms with Crippen molar-refractivity contribution in [1.29, 1.82) is 0 Å². The first-order valence-corrected chi connectivity index (χ1v) is 8.25. The molecule has 1 aromatic heterocycles. The second-order valence-electron chi connectivity index (χ2n) is 6.22. The van der Waals surface area contributed by atoms with Crippen LogP contribution in [0.1, 0.15) is 19.4 Å². The molecule has 4 nitrogen and oxygen atoms in total. The molecule has 25 heavy (non-hydrogen) atoms. The van der Waals surface area contributed by atoms with Crippen molar-refractivity contribution >= 4 is 17.5 Å². The van der Waals surface area contributed by atoms with E-state index in [1.807, 2.05) is 56.3 Å². The molecule has 0 saturated carbocycles. The fraction of sp³-hybridized carbons (Fsp3) is 0.200. The summed E-state index contributed by atoms with van der Waals surface area (Å²) >= 11 is 0. The number of nitrogens with zero attached hydrogens (tertiary/aromatic N) is 2. The first-order chi connectivity index (χ1) is 12.0. The molecule has 2 aromatic carbocycles. The van der Waals surface area contributed by atoms with Gasteiger partial charge in [-0.15, -0.1) is 0 Å². The molecular weight excluding hydrogens is 315 g/mol. The van der Waals surface area contributed by atoms with E-state index in [9.17, 15) is 4.39 Å². The molecule has 0 aliphatic carbocycles. The van der Waals surface area contributed by atoms with E-state index in [-0.39, 0.29) is 11.9 Å². The lowest BCUT2D eigenvalue weighted by atomic mass is 10.1. The maximum Gasteiger partial charge on any atom is 0.225 e. The monoisotopic (exact) mass is 336 g/mol. The summed E-state index contributed by atoms with van der Waals surface area (Å²) in [6, 6.07) is 17.0. The normalized spacial score (nSPS) is 10.8. The van der Waals surface area contributed by atoms with Crippen LogP contribution >= 0.6 is 0 Å². The molecule has 0 bridgehead atoms. The van der Waals surface area contributed by atoms with E-state index in [2.05, 4.69) is 20.6 Å². The van der Waals surface area contributed by atoms with Crippen LogP contribution in [0.25, 0.3) is 11.3 Å². The lowest BCUT2D eigenvalue weighted by Crippen LogP contribution is -2.13. The summed E-state index contributed by atoms with van der Waals surface area (Å²) in [5.74, 6) is 0.898. The van der Waals surface area contributed by atoms with E-state index < -0.39 is 0 Å². The highest BCUT2D eigenvalue weighted by molar-refractivity contribution is 5.67. The zero-order chi connectivity index (χ0) is 17.8. The van der Waals surface area contributed by atoms with Crippen molar-refractivity contribution in [2.45, 2.75) is 26.8 Å². The van der Waals surface area contributed by atoms with Crippen LogP contribution in [-0.2, 0) is 0 Å². The zero-order valence-corrected chi connectivity index (χ0v) is 14.5. The third-order valence-corrected chi connectivity index (χ3v) is 3.66. The van der Waals surface area contributed by atoms with E-state index in [1.54, 1.807) is 13.0 Å². The number of nitrogens with one attached hydrogen (secondary N) is 2. The SMILES string of the molecule is Cc1ccc(Nc2cc(-c3ccccc3)nc(NC(C)C)n2)cc1F. The highest BCUT2D eigenvalue weighted by atomic mass is 19.1. The van der Waals surface area contributed by atoms with E-state index >= 15 is 0 Å². The van der Waals surface area contributed by atoms with Gasteiger partial charge in [-0.2, -0.15) is 4.98 Å². The Morgan fingerprint density at radius 2 is 1.72 bits per heavy atom. The second kappa shape index (κ2) is 7.30. The summed E-state index contributed by atoms with van der Waals surface area (Å²) in [6.45, 7) is 5.80. The zero-order valence-electron chi connectivity index (χ0n) is 14.5. The van der Waals surface area contributed by atoms with E-state index in [0.29, 0.717) is 23.0 Å². The van der Waals surface area contributed by atoms with Crippen molar-refractivity contribution < 1.29 is 4.39 Å². The standard InChI is InChI=1S/C20H21FN4/c1-13(2)22-20-24-18(15-7-5-4-6-8-15)12-19(25-20)23-16-10-9-14(3)17(21)11-16/h4-13H,1-3H3,(H2,22,23,24,25). The van der Waals surface area contributed by atoms with Gasteiger partial charge in [0.25, 0.3) is 0 Å². The van der Waals surface area contributed by atoms with Crippen LogP contribution in [0.5, 0.6) is 0 Å². The second-order valence-corrected chi connectivity index (χ2v) is 6.22. The topological polar surface area (TPSA) is 49.8 Å². The molecule has 3 rings (SSSR count). The predicted octanol–water partition coefficient (Wildman–Crippen LogP) is 5.16. The van der Waals surface area contributed by atoms with Crippen molar-refractivity contribution in [1.82, 2.24) is 9.97 Å². The number of hydrogen-bond acceptors (Lipinski definition) is 4. The third kappa shape index (κ3) is 4.32. The summed E-state index contributed by atoms with van der Waals surface area (Å²) in [5, 5.41) is 6.39. The van der Waals surface area contributed by atoms with Gasteiger partial charge in [0.2, 0.25) is 5.95 Å². The Labute approximate surface area is 147 Å². The minimum Gasteiger partial charge on any atom is -0.352 e. The van der Waals surface area contributed by atoms with Crippen LogP contribution in [0.4, 0.5) is 21.8 Å². The van der Waals surface area contributed by atoms with Crippen LogP contribution in [0.3, 0.4) is 0 Å². The molecule has 5 heteroatoms. The Hall–Kier alpha value is -2.95. The van der Waals surface area contributed by atoms with Gasteiger partial charge in [0, 0.05) is 23.4 Å². The maximum absolute atomic E-state index is 13.8. The molecule has 1 heterocycles. The maximum atomic E-state index is 13.8. The molecule has 0 fully saturated rings. The Balaban J connectivity index is 1.98. The molecule has 0 aliphatic rings. The molecule has 0 aliphatic heterocycles. The fourth-order valence-electron chi connectivity index (χ4n) is 2.41. The lowest BCUT2D eigenvalue weighted by Gasteiger charge is -2.13. The quantitative estimate of drug-likeness (QED) is 0.676. The summed E-state index contributed by atoms with van der Waals surface area (Å²) < 4.78 is 13.8. The average molecular weight is 336 g/mol. The van der Waals surface area contributed by atoms with Gasteiger partial charge in [-0.05, 0) is 38.5 Å². The smallest absolute Gasteiger partial charge is 0.225 e. The van der Waals surface area contributed by atoms with Gasteiger partial charge in [-0.25, -0.2) is 9.37 Å². The van der Waals surface area contributed by atoms with Crippen molar-refractivity contribution in [2.24, 2.45) is 0 Å². The molecule has 0 atom stereocenters. The van der Waals surface area contributed by atoms with Gasteiger partial charge >= 0.3 is 0 Å².